The van der Waals surface area contributed by atoms with Gasteiger partial charge in [-0.3, -0.25) is 14.4 Å². The topological polar surface area (TPSA) is 158 Å². The van der Waals surface area contributed by atoms with Crippen LogP contribution in [0, 0.1) is 29.6 Å². The van der Waals surface area contributed by atoms with Crippen LogP contribution in [0.3, 0.4) is 0 Å². The van der Waals surface area contributed by atoms with Gasteiger partial charge in [0, 0.05) is 58.0 Å². The second-order valence-corrected chi connectivity index (χ2v) is 17.7. The average Bonchev–Trinajstić information content (AvgIpc) is 3.17. The van der Waals surface area contributed by atoms with Crippen LogP contribution in [0.5, 0.6) is 0 Å². The third-order valence-corrected chi connectivity index (χ3v) is 13.3. The molecule has 2 bridgehead atoms. The molecule has 3 heterocycles. The number of piperidine rings is 1. The third kappa shape index (κ3) is 10.9. The SMILES string of the molecule is CC[C@@H]1C=C(C)C[C@H](C)C[C@H](OC)[C@H]2O[C@@](O)(C(=O)C(=O)N3CCCC[C@H]3C(=O)O[C@H]([C@@H]3CC[C@H](Cl)[C@H](OC)C3)C(C)=C[C@H](C)[C@@H](O)CC1=O)[C@H](C)C[C@@H]2OC. The summed E-state index contributed by atoms with van der Waals surface area (Å²) < 4.78 is 30.1. The van der Waals surface area contributed by atoms with Gasteiger partial charge in [-0.1, -0.05) is 45.4 Å². The van der Waals surface area contributed by atoms with Gasteiger partial charge in [0.15, 0.2) is 0 Å². The lowest BCUT2D eigenvalue weighted by molar-refractivity contribution is -0.302. The summed E-state index contributed by atoms with van der Waals surface area (Å²) in [5.41, 5.74) is 1.72. The van der Waals surface area contributed by atoms with Gasteiger partial charge in [0.1, 0.15) is 24.0 Å². The van der Waals surface area contributed by atoms with Crippen molar-refractivity contribution in [1.82, 2.24) is 4.90 Å². The average molecular weight is 810 g/mol. The van der Waals surface area contributed by atoms with Gasteiger partial charge in [-0.15, -0.1) is 11.6 Å². The van der Waals surface area contributed by atoms with E-state index >= 15 is 0 Å². The van der Waals surface area contributed by atoms with E-state index in [4.69, 9.17) is 35.3 Å². The number of allylic oxidation sites excluding steroid dienone is 2. The van der Waals surface area contributed by atoms with Crippen LogP contribution >= 0.6 is 11.6 Å². The molecule has 1 saturated carbocycles. The number of methoxy groups -OCH3 is 3. The van der Waals surface area contributed by atoms with E-state index in [1.54, 1.807) is 14.0 Å². The van der Waals surface area contributed by atoms with Crippen LogP contribution in [-0.4, -0.2) is 120 Å². The van der Waals surface area contributed by atoms with E-state index in [9.17, 15) is 29.4 Å². The number of halogens is 1. The molecule has 3 fully saturated rings. The number of aliphatic hydroxyl groups is 2. The first-order valence-electron chi connectivity index (χ1n) is 20.7. The first kappa shape index (κ1) is 46.5. The van der Waals surface area contributed by atoms with Crippen molar-refractivity contribution in [1.29, 1.82) is 0 Å². The first-order chi connectivity index (χ1) is 26.5. The molecule has 4 rings (SSSR count). The van der Waals surface area contributed by atoms with E-state index < -0.39 is 71.8 Å². The van der Waals surface area contributed by atoms with Crippen molar-refractivity contribution < 1.29 is 53.1 Å². The van der Waals surface area contributed by atoms with Crippen LogP contribution in [-0.2, 0) is 42.9 Å². The van der Waals surface area contributed by atoms with Gasteiger partial charge in [-0.05, 0) is 89.5 Å². The second-order valence-electron chi connectivity index (χ2n) is 17.1. The smallest absolute Gasteiger partial charge is 0.329 e. The van der Waals surface area contributed by atoms with Crippen molar-refractivity contribution in [2.45, 2.75) is 166 Å². The van der Waals surface area contributed by atoms with Crippen LogP contribution < -0.4 is 0 Å². The first-order valence-corrected chi connectivity index (χ1v) is 21.2. The number of hydrogen-bond donors (Lipinski definition) is 2. The van der Waals surface area contributed by atoms with Crippen LogP contribution in [0.2, 0.25) is 0 Å². The van der Waals surface area contributed by atoms with E-state index in [2.05, 4.69) is 6.92 Å². The molecule has 4 aliphatic rings. The summed E-state index contributed by atoms with van der Waals surface area (Å²) in [6, 6.07) is -1.07. The number of aliphatic hydroxyl groups excluding tert-OH is 1. The van der Waals surface area contributed by atoms with Gasteiger partial charge < -0.3 is 38.8 Å². The van der Waals surface area contributed by atoms with Gasteiger partial charge in [-0.25, -0.2) is 4.79 Å². The molecule has 318 valence electrons. The predicted octanol–water partition coefficient (Wildman–Crippen LogP) is 5.72. The minimum atomic E-state index is -2.49. The highest BCUT2D eigenvalue weighted by atomic mass is 35.5. The van der Waals surface area contributed by atoms with E-state index in [-0.39, 0.29) is 60.8 Å². The van der Waals surface area contributed by atoms with Crippen LogP contribution in [0.1, 0.15) is 112 Å². The number of esters is 1. The summed E-state index contributed by atoms with van der Waals surface area (Å²) in [4.78, 5) is 57.6. The summed E-state index contributed by atoms with van der Waals surface area (Å²) in [7, 11) is 4.68. The van der Waals surface area contributed by atoms with E-state index in [0.29, 0.717) is 56.9 Å². The Kier molecular flexibility index (Phi) is 17.2. The van der Waals surface area contributed by atoms with Gasteiger partial charge in [0.2, 0.25) is 5.79 Å². The van der Waals surface area contributed by atoms with Crippen molar-refractivity contribution in [2.24, 2.45) is 29.6 Å². The molecule has 2 saturated heterocycles. The summed E-state index contributed by atoms with van der Waals surface area (Å²) in [5.74, 6) is -7.11. The lowest BCUT2D eigenvalue weighted by atomic mass is 9.80. The van der Waals surface area contributed by atoms with Crippen molar-refractivity contribution in [2.75, 3.05) is 27.9 Å². The predicted molar refractivity (Wildman–Crippen MR) is 212 cm³/mol. The Hall–Kier alpha value is -2.19. The quantitative estimate of drug-likeness (QED) is 0.152. The monoisotopic (exact) mass is 809 g/mol. The van der Waals surface area contributed by atoms with Gasteiger partial charge >= 0.3 is 5.97 Å². The maximum absolute atomic E-state index is 14.3. The van der Waals surface area contributed by atoms with Crippen molar-refractivity contribution >= 4 is 35.0 Å². The number of nitrogens with zero attached hydrogens (tertiary/aromatic N) is 1. The molecule has 2 N–H and O–H groups in total. The molecule has 14 atom stereocenters. The molecule has 12 nitrogen and oxygen atoms in total. The summed E-state index contributed by atoms with van der Waals surface area (Å²) >= 11 is 6.61. The fraction of sp³-hybridized carbons (Fsp3) is 0.814. The molecule has 0 aromatic heterocycles. The Morgan fingerprint density at radius 1 is 0.893 bits per heavy atom. The van der Waals surface area contributed by atoms with Gasteiger partial charge in [0.25, 0.3) is 11.7 Å². The number of ether oxygens (including phenoxy) is 5. The minimum Gasteiger partial charge on any atom is -0.456 e. The highest BCUT2D eigenvalue weighted by molar-refractivity contribution is 6.39. The number of amides is 1. The van der Waals surface area contributed by atoms with Crippen molar-refractivity contribution in [3.05, 3.63) is 23.3 Å². The van der Waals surface area contributed by atoms with E-state index in [1.807, 2.05) is 39.8 Å². The lowest BCUT2D eigenvalue weighted by Crippen LogP contribution is -2.64. The highest BCUT2D eigenvalue weighted by Crippen LogP contribution is 2.40. The van der Waals surface area contributed by atoms with Crippen molar-refractivity contribution in [3.63, 3.8) is 0 Å². The number of Topliss-reactive ketones (excluding diaryl/α,β-unsaturated/α-hetero) is 2. The Labute approximate surface area is 339 Å². The van der Waals surface area contributed by atoms with Crippen LogP contribution in [0.4, 0.5) is 0 Å². The van der Waals surface area contributed by atoms with Crippen LogP contribution in [0.25, 0.3) is 0 Å². The fourth-order valence-electron chi connectivity index (χ4n) is 9.38. The zero-order valence-corrected chi connectivity index (χ0v) is 35.8. The molecule has 0 aromatic rings. The van der Waals surface area contributed by atoms with E-state index in [0.717, 1.165) is 5.57 Å². The molecule has 3 aliphatic heterocycles. The van der Waals surface area contributed by atoms with Gasteiger partial charge in [-0.2, -0.15) is 0 Å². The number of fused-ring (bicyclic) bond motifs is 3. The molecular weight excluding hydrogens is 742 g/mol. The summed E-state index contributed by atoms with van der Waals surface area (Å²) in [5, 5.41) is 23.2. The van der Waals surface area contributed by atoms with Crippen LogP contribution in [0.15, 0.2) is 23.3 Å². The number of hydrogen-bond acceptors (Lipinski definition) is 11. The zero-order chi connectivity index (χ0) is 41.5. The second kappa shape index (κ2) is 20.7. The molecule has 0 aromatic carbocycles. The zero-order valence-electron chi connectivity index (χ0n) is 35.0. The maximum Gasteiger partial charge on any atom is 0.329 e. The largest absolute Gasteiger partial charge is 0.456 e. The Morgan fingerprint density at radius 3 is 2.20 bits per heavy atom. The lowest BCUT2D eigenvalue weighted by Gasteiger charge is -2.47. The molecule has 0 spiro atoms. The molecule has 0 unspecified atom stereocenters. The summed E-state index contributed by atoms with van der Waals surface area (Å²) in [6.45, 7) is 11.5. The van der Waals surface area contributed by atoms with Gasteiger partial charge in [0.05, 0.1) is 29.8 Å². The number of rotatable bonds is 5. The van der Waals surface area contributed by atoms with Crippen molar-refractivity contribution in [3.8, 4) is 0 Å². The Balaban J connectivity index is 1.77. The number of alkyl halides is 1. The molecule has 0 radical (unpaired) electrons. The number of carbonyl (C=O) groups excluding carboxylic acids is 4. The number of ketones is 2. The number of carbonyl (C=O) groups is 4. The fourth-order valence-corrected chi connectivity index (χ4v) is 9.71. The Morgan fingerprint density at radius 2 is 1.55 bits per heavy atom. The standard InChI is InChI=1S/C43H68ClNO11/c1-10-29-18-24(2)17-25(3)19-36(53-8)39-37(54-9)21-28(6)43(51,56-39)40(48)41(49)45-16-12-11-13-32(45)42(50)55-38(30-14-15-31(44)35(22-30)52-7)27(5)20-26(4)33(46)23-34(29)47/h18,20,25-26,28-33,35-39,46,51H,10-17,19,21-23H2,1-9H3/t25-,26-,28+,29+,30+,31-,32-,33-,35+,36-,37-,38-,39+,43+/m0/s1. The molecule has 56 heavy (non-hydrogen) atoms. The number of cyclic esters (lactones) is 1. The maximum atomic E-state index is 14.3. The normalized spacial score (nSPS) is 40.6. The minimum absolute atomic E-state index is 0.0337. The van der Waals surface area contributed by atoms with E-state index in [1.165, 1.54) is 19.1 Å². The summed E-state index contributed by atoms with van der Waals surface area (Å²) in [6.07, 6.45) is 5.00. The molecule has 1 amide bonds. The highest BCUT2D eigenvalue weighted by Gasteiger charge is 2.56. The third-order valence-electron chi connectivity index (χ3n) is 12.8. The molecular formula is C43H68ClNO11. The molecule has 13 heteroatoms. The Bertz CT molecular complexity index is 1440. The molecule has 1 aliphatic carbocycles.